The van der Waals surface area contributed by atoms with E-state index in [2.05, 4.69) is 5.32 Å². The van der Waals surface area contributed by atoms with Crippen LogP contribution in [-0.4, -0.2) is 29.2 Å². The van der Waals surface area contributed by atoms with E-state index in [-0.39, 0.29) is 11.8 Å². The minimum Gasteiger partial charge on any atom is -0.481 e. The van der Waals surface area contributed by atoms with Crippen molar-refractivity contribution in [3.63, 3.8) is 0 Å². The van der Waals surface area contributed by atoms with E-state index in [0.717, 1.165) is 5.56 Å². The van der Waals surface area contributed by atoms with Crippen molar-refractivity contribution in [3.05, 3.63) is 29.6 Å². The summed E-state index contributed by atoms with van der Waals surface area (Å²) in [5.41, 5.74) is 0.887. The van der Waals surface area contributed by atoms with Gasteiger partial charge in [-0.25, -0.2) is 4.39 Å². The van der Waals surface area contributed by atoms with Crippen LogP contribution in [-0.2, 0) is 14.3 Å². The van der Waals surface area contributed by atoms with Gasteiger partial charge in [0.05, 0.1) is 29.7 Å². The number of carbonyl (C=O) groups excluding carboxylic acids is 1. The van der Waals surface area contributed by atoms with Crippen molar-refractivity contribution in [2.45, 2.75) is 32.0 Å². The second kappa shape index (κ2) is 5.11. The first kappa shape index (κ1) is 14.0. The maximum atomic E-state index is 13.7. The number of fused-ring (bicyclic) bond motifs is 2. The quantitative estimate of drug-likeness (QED) is 0.893. The van der Waals surface area contributed by atoms with Crippen LogP contribution in [0.4, 0.5) is 10.1 Å². The molecule has 2 heterocycles. The van der Waals surface area contributed by atoms with E-state index in [0.29, 0.717) is 12.8 Å². The third-order valence-electron chi connectivity index (χ3n) is 4.24. The molecule has 0 radical (unpaired) electrons. The molecule has 2 saturated heterocycles. The van der Waals surface area contributed by atoms with E-state index < -0.39 is 35.6 Å². The third-order valence-corrected chi connectivity index (χ3v) is 4.24. The van der Waals surface area contributed by atoms with Crippen molar-refractivity contribution in [1.29, 1.82) is 0 Å². The number of hydrogen-bond donors (Lipinski definition) is 2. The molecule has 0 spiro atoms. The summed E-state index contributed by atoms with van der Waals surface area (Å²) in [6.45, 7) is 1.79. The van der Waals surface area contributed by atoms with Crippen LogP contribution in [0.15, 0.2) is 18.2 Å². The molecule has 1 amide bonds. The normalized spacial score (nSPS) is 30.4. The zero-order valence-electron chi connectivity index (χ0n) is 11.5. The highest BCUT2D eigenvalue weighted by atomic mass is 19.1. The predicted octanol–water partition coefficient (Wildman–Crippen LogP) is 1.95. The fraction of sp³-hybridized carbons (Fsp3) is 0.467. The Morgan fingerprint density at radius 2 is 1.95 bits per heavy atom. The third kappa shape index (κ3) is 2.40. The number of carboxylic acids is 1. The van der Waals surface area contributed by atoms with Gasteiger partial charge in [0, 0.05) is 0 Å². The standard InChI is InChI=1S/C15H16FNO4/c1-7-2-3-8(16)9(6-7)17-14(18)12-10-4-5-11(21-10)13(12)15(19)20/h2-3,6,10-13H,4-5H2,1H3,(H,17,18)(H,19,20)/t10-,11-,12-,13-/m1/s1. The maximum Gasteiger partial charge on any atom is 0.310 e. The zero-order chi connectivity index (χ0) is 15.1. The Balaban J connectivity index is 1.81. The fourth-order valence-electron chi connectivity index (χ4n) is 3.28. The van der Waals surface area contributed by atoms with E-state index in [1.54, 1.807) is 13.0 Å². The summed E-state index contributed by atoms with van der Waals surface area (Å²) < 4.78 is 19.2. The van der Waals surface area contributed by atoms with Crippen LogP contribution >= 0.6 is 0 Å². The number of hydrogen-bond acceptors (Lipinski definition) is 3. The molecule has 6 heteroatoms. The van der Waals surface area contributed by atoms with Gasteiger partial charge in [0.15, 0.2) is 0 Å². The summed E-state index contributed by atoms with van der Waals surface area (Å²) in [5, 5.41) is 11.8. The molecular formula is C15H16FNO4. The van der Waals surface area contributed by atoms with E-state index in [9.17, 15) is 19.1 Å². The molecule has 4 atom stereocenters. The molecule has 0 aliphatic carbocycles. The largest absolute Gasteiger partial charge is 0.481 e. The van der Waals surface area contributed by atoms with Crippen molar-refractivity contribution in [2.75, 3.05) is 5.32 Å². The molecule has 3 rings (SSSR count). The molecule has 112 valence electrons. The molecule has 1 aromatic carbocycles. The van der Waals surface area contributed by atoms with Crippen LogP contribution in [0, 0.1) is 24.6 Å². The van der Waals surface area contributed by atoms with Crippen molar-refractivity contribution < 1.29 is 23.8 Å². The smallest absolute Gasteiger partial charge is 0.310 e. The van der Waals surface area contributed by atoms with E-state index >= 15 is 0 Å². The monoisotopic (exact) mass is 293 g/mol. The molecule has 0 unspecified atom stereocenters. The summed E-state index contributed by atoms with van der Waals surface area (Å²) in [6, 6.07) is 4.40. The topological polar surface area (TPSA) is 75.6 Å². The molecule has 0 aromatic heterocycles. The highest BCUT2D eigenvalue weighted by molar-refractivity contribution is 5.96. The lowest BCUT2D eigenvalue weighted by molar-refractivity contribution is -0.147. The highest BCUT2D eigenvalue weighted by Crippen LogP contribution is 2.44. The predicted molar refractivity (Wildman–Crippen MR) is 72.3 cm³/mol. The number of ether oxygens (including phenoxy) is 1. The molecule has 0 saturated carbocycles. The molecule has 21 heavy (non-hydrogen) atoms. The SMILES string of the molecule is Cc1ccc(F)c(NC(=O)[C@H]2[C@H](C(=O)O)[C@H]3CC[C@H]2O3)c1. The molecular weight excluding hydrogens is 277 g/mol. The number of aryl methyl sites for hydroxylation is 1. The molecule has 5 nitrogen and oxygen atoms in total. The van der Waals surface area contributed by atoms with E-state index in [1.165, 1.54) is 12.1 Å². The van der Waals surface area contributed by atoms with Gasteiger partial charge in [-0.1, -0.05) is 6.07 Å². The Hall–Kier alpha value is -1.95. The van der Waals surface area contributed by atoms with Gasteiger partial charge in [0.25, 0.3) is 0 Å². The van der Waals surface area contributed by atoms with Gasteiger partial charge in [-0.15, -0.1) is 0 Å². The van der Waals surface area contributed by atoms with Crippen molar-refractivity contribution in [2.24, 2.45) is 11.8 Å². The van der Waals surface area contributed by atoms with E-state index in [1.807, 2.05) is 0 Å². The summed E-state index contributed by atoms with van der Waals surface area (Å²) >= 11 is 0. The van der Waals surface area contributed by atoms with Gasteiger partial charge in [-0.3, -0.25) is 9.59 Å². The van der Waals surface area contributed by atoms with Gasteiger partial charge in [0.1, 0.15) is 5.82 Å². The second-order valence-corrected chi connectivity index (χ2v) is 5.65. The summed E-state index contributed by atoms with van der Waals surface area (Å²) in [7, 11) is 0. The van der Waals surface area contributed by atoms with Crippen LogP contribution < -0.4 is 5.32 Å². The molecule has 2 aliphatic heterocycles. The zero-order valence-corrected chi connectivity index (χ0v) is 11.5. The summed E-state index contributed by atoms with van der Waals surface area (Å²) in [5.74, 6) is -3.67. The van der Waals surface area contributed by atoms with Crippen LogP contribution in [0.3, 0.4) is 0 Å². The molecule has 2 fully saturated rings. The first-order valence-corrected chi connectivity index (χ1v) is 6.92. The number of nitrogens with one attached hydrogen (secondary N) is 1. The van der Waals surface area contributed by atoms with Gasteiger partial charge in [0.2, 0.25) is 5.91 Å². The summed E-state index contributed by atoms with van der Waals surface area (Å²) in [4.78, 5) is 23.7. The maximum absolute atomic E-state index is 13.7. The summed E-state index contributed by atoms with van der Waals surface area (Å²) in [6.07, 6.45) is 0.530. The van der Waals surface area contributed by atoms with Gasteiger partial charge < -0.3 is 15.2 Å². The number of benzene rings is 1. The minimum atomic E-state index is -1.04. The number of halogens is 1. The van der Waals surface area contributed by atoms with Crippen molar-refractivity contribution in [3.8, 4) is 0 Å². The van der Waals surface area contributed by atoms with Gasteiger partial charge in [-0.2, -0.15) is 0 Å². The first-order valence-electron chi connectivity index (χ1n) is 6.92. The van der Waals surface area contributed by atoms with Crippen molar-refractivity contribution in [1.82, 2.24) is 0 Å². The lowest BCUT2D eigenvalue weighted by atomic mass is 9.78. The fourth-order valence-corrected chi connectivity index (χ4v) is 3.28. The number of carbonyl (C=O) groups is 2. The number of amides is 1. The highest BCUT2D eigenvalue weighted by Gasteiger charge is 2.55. The first-order chi connectivity index (χ1) is 9.97. The molecule has 2 aliphatic rings. The van der Waals surface area contributed by atoms with Gasteiger partial charge >= 0.3 is 5.97 Å². The Bertz CT molecular complexity index is 603. The number of anilines is 1. The minimum absolute atomic E-state index is 0.0758. The second-order valence-electron chi connectivity index (χ2n) is 5.65. The van der Waals surface area contributed by atoms with Crippen LogP contribution in [0.2, 0.25) is 0 Å². The van der Waals surface area contributed by atoms with E-state index in [4.69, 9.17) is 4.74 Å². The van der Waals surface area contributed by atoms with Crippen LogP contribution in [0.1, 0.15) is 18.4 Å². The Morgan fingerprint density at radius 1 is 1.29 bits per heavy atom. The van der Waals surface area contributed by atoms with Crippen molar-refractivity contribution >= 4 is 17.6 Å². The average Bonchev–Trinajstić information content (AvgIpc) is 3.03. The van der Waals surface area contributed by atoms with Crippen LogP contribution in [0.25, 0.3) is 0 Å². The average molecular weight is 293 g/mol. The molecule has 2 N–H and O–H groups in total. The lowest BCUT2D eigenvalue weighted by Gasteiger charge is -2.24. The number of carboxylic acid groups (broad SMARTS) is 1. The Kier molecular flexibility index (Phi) is 3.41. The van der Waals surface area contributed by atoms with Gasteiger partial charge in [-0.05, 0) is 37.5 Å². The molecule has 1 aromatic rings. The Labute approximate surface area is 121 Å². The lowest BCUT2D eigenvalue weighted by Crippen LogP contribution is -2.41. The Morgan fingerprint density at radius 3 is 2.62 bits per heavy atom. The molecule has 2 bridgehead atoms. The number of aliphatic carboxylic acids is 1. The van der Waals surface area contributed by atoms with Crippen LogP contribution in [0.5, 0.6) is 0 Å². The number of rotatable bonds is 3.